The fourth-order valence-electron chi connectivity index (χ4n) is 2.79. The van der Waals surface area contributed by atoms with Crippen LogP contribution < -0.4 is 10.2 Å². The van der Waals surface area contributed by atoms with E-state index < -0.39 is 0 Å². The first-order chi connectivity index (χ1) is 11.8. The average molecular weight is 320 g/mol. The number of amides is 1. The molecule has 24 heavy (non-hydrogen) atoms. The molecule has 0 unspecified atom stereocenters. The number of carbonyl (C=O) groups excluding carboxylic acids is 1. The molecule has 0 atom stereocenters. The normalized spacial score (nSPS) is 14.0. The molecule has 6 heteroatoms. The van der Waals surface area contributed by atoms with Gasteiger partial charge >= 0.3 is 6.09 Å². The molecule has 0 aliphatic carbocycles. The Morgan fingerprint density at radius 2 is 2.04 bits per heavy atom. The largest absolute Gasteiger partial charge is 0.447 e. The number of nitrogens with zero attached hydrogens (tertiary/aromatic N) is 3. The molecular weight excluding hydrogens is 304 g/mol. The first-order valence-electron chi connectivity index (χ1n) is 7.78. The molecule has 4 rings (SSSR count). The number of hydrogen-bond acceptors (Lipinski definition) is 5. The Kier molecular flexibility index (Phi) is 3.70. The van der Waals surface area contributed by atoms with Crippen LogP contribution >= 0.6 is 0 Å². The summed E-state index contributed by atoms with van der Waals surface area (Å²) in [4.78, 5) is 21.9. The predicted molar refractivity (Wildman–Crippen MR) is 92.0 cm³/mol. The fraction of sp³-hybridized carbons (Fsp3) is 0.167. The summed E-state index contributed by atoms with van der Waals surface area (Å²) in [6.07, 6.45) is 1.27. The highest BCUT2D eigenvalue weighted by Gasteiger charge is 2.23. The molecule has 2 aromatic carbocycles. The molecule has 3 aromatic rings. The molecule has 0 saturated carbocycles. The van der Waals surface area contributed by atoms with Gasteiger partial charge in [0.25, 0.3) is 0 Å². The van der Waals surface area contributed by atoms with Crippen molar-refractivity contribution in [3.05, 3.63) is 60.4 Å². The van der Waals surface area contributed by atoms with Crippen LogP contribution in [0.2, 0.25) is 0 Å². The van der Waals surface area contributed by atoms with E-state index in [4.69, 9.17) is 4.74 Å². The van der Waals surface area contributed by atoms with Gasteiger partial charge in [0, 0.05) is 17.6 Å². The quantitative estimate of drug-likeness (QED) is 0.799. The summed E-state index contributed by atoms with van der Waals surface area (Å²) in [6, 6.07) is 15.7. The Morgan fingerprint density at radius 1 is 1.12 bits per heavy atom. The molecule has 0 spiro atoms. The molecule has 1 amide bonds. The van der Waals surface area contributed by atoms with Crippen LogP contribution in [0.25, 0.3) is 10.9 Å². The summed E-state index contributed by atoms with van der Waals surface area (Å²) in [7, 11) is 0. The van der Waals surface area contributed by atoms with Crippen LogP contribution in [0.5, 0.6) is 0 Å². The smallest absolute Gasteiger partial charge is 0.414 e. The van der Waals surface area contributed by atoms with Crippen molar-refractivity contribution >= 4 is 28.5 Å². The number of anilines is 2. The topological polar surface area (TPSA) is 67.3 Å². The number of para-hydroxylation sites is 1. The Balaban J connectivity index is 1.54. The zero-order valence-corrected chi connectivity index (χ0v) is 13.0. The number of hydrogen-bond donors (Lipinski definition) is 1. The number of cyclic esters (lactones) is 1. The van der Waals surface area contributed by atoms with Gasteiger partial charge in [0.2, 0.25) is 0 Å². The van der Waals surface area contributed by atoms with Crippen molar-refractivity contribution in [2.45, 2.75) is 6.54 Å². The number of carbonyl (C=O) groups is 1. The van der Waals surface area contributed by atoms with E-state index in [-0.39, 0.29) is 6.09 Å². The van der Waals surface area contributed by atoms with Gasteiger partial charge in [-0.15, -0.1) is 0 Å². The molecule has 1 aliphatic rings. The molecule has 0 radical (unpaired) electrons. The predicted octanol–water partition coefficient (Wildman–Crippen LogP) is 3.20. The van der Waals surface area contributed by atoms with Crippen LogP contribution in [0.4, 0.5) is 16.3 Å². The average Bonchev–Trinajstić information content (AvgIpc) is 3.06. The number of rotatable bonds is 4. The molecule has 0 bridgehead atoms. The van der Waals surface area contributed by atoms with Gasteiger partial charge in [0.1, 0.15) is 18.8 Å². The molecule has 1 aliphatic heterocycles. The highest BCUT2D eigenvalue weighted by molar-refractivity contribution is 5.90. The second-order valence-electron chi connectivity index (χ2n) is 5.53. The van der Waals surface area contributed by atoms with E-state index in [2.05, 4.69) is 15.3 Å². The summed E-state index contributed by atoms with van der Waals surface area (Å²) in [5, 5.41) is 4.33. The molecule has 2 heterocycles. The van der Waals surface area contributed by atoms with Crippen molar-refractivity contribution in [2.24, 2.45) is 0 Å². The molecule has 1 saturated heterocycles. The maximum absolute atomic E-state index is 11.7. The van der Waals surface area contributed by atoms with Crippen molar-refractivity contribution in [1.29, 1.82) is 0 Å². The van der Waals surface area contributed by atoms with E-state index in [1.165, 1.54) is 0 Å². The summed E-state index contributed by atoms with van der Waals surface area (Å²) >= 11 is 0. The Hall–Kier alpha value is -3.15. The maximum Gasteiger partial charge on any atom is 0.414 e. The molecule has 1 aromatic heterocycles. The molecule has 1 N–H and O–H groups in total. The SMILES string of the molecule is O=C1OCCN1c1cccc(CNc2ncnc3ccccc23)c1. The zero-order valence-electron chi connectivity index (χ0n) is 13.0. The van der Waals surface area contributed by atoms with E-state index in [1.807, 2.05) is 48.5 Å². The second kappa shape index (κ2) is 6.16. The summed E-state index contributed by atoms with van der Waals surface area (Å²) in [6.45, 7) is 1.64. The lowest BCUT2D eigenvalue weighted by atomic mass is 10.2. The molecule has 6 nitrogen and oxygen atoms in total. The number of benzene rings is 2. The van der Waals surface area contributed by atoms with Gasteiger partial charge in [0.05, 0.1) is 12.1 Å². The standard InChI is InChI=1S/C18H16N4O2/c23-18-22(8-9-24-18)14-5-3-4-13(10-14)11-19-17-15-6-1-2-7-16(15)20-12-21-17/h1-7,10,12H,8-9,11H2,(H,19,20,21). The van der Waals surface area contributed by atoms with Gasteiger partial charge in [-0.2, -0.15) is 0 Å². The van der Waals surface area contributed by atoms with Crippen LogP contribution in [0.1, 0.15) is 5.56 Å². The van der Waals surface area contributed by atoms with Crippen LogP contribution in [-0.4, -0.2) is 29.2 Å². The third-order valence-corrected chi connectivity index (χ3v) is 3.99. The van der Waals surface area contributed by atoms with Crippen molar-refractivity contribution in [3.63, 3.8) is 0 Å². The summed E-state index contributed by atoms with van der Waals surface area (Å²) in [5.74, 6) is 0.798. The van der Waals surface area contributed by atoms with Gasteiger partial charge in [-0.3, -0.25) is 4.90 Å². The lowest BCUT2D eigenvalue weighted by molar-refractivity contribution is 0.181. The van der Waals surface area contributed by atoms with E-state index >= 15 is 0 Å². The maximum atomic E-state index is 11.7. The third kappa shape index (κ3) is 2.74. The van der Waals surface area contributed by atoms with E-state index in [0.29, 0.717) is 19.7 Å². The first-order valence-corrected chi connectivity index (χ1v) is 7.78. The van der Waals surface area contributed by atoms with Crippen molar-refractivity contribution in [2.75, 3.05) is 23.4 Å². The first kappa shape index (κ1) is 14.4. The monoisotopic (exact) mass is 320 g/mol. The van der Waals surface area contributed by atoms with Gasteiger partial charge < -0.3 is 10.1 Å². The highest BCUT2D eigenvalue weighted by Crippen LogP contribution is 2.22. The lowest BCUT2D eigenvalue weighted by Gasteiger charge is -2.14. The Morgan fingerprint density at radius 3 is 2.92 bits per heavy atom. The van der Waals surface area contributed by atoms with E-state index in [1.54, 1.807) is 11.2 Å². The lowest BCUT2D eigenvalue weighted by Crippen LogP contribution is -2.23. The molecule has 1 fully saturated rings. The number of nitrogens with one attached hydrogen (secondary N) is 1. The number of fused-ring (bicyclic) bond motifs is 1. The van der Waals surface area contributed by atoms with Crippen molar-refractivity contribution in [3.8, 4) is 0 Å². The Bertz CT molecular complexity index is 892. The van der Waals surface area contributed by atoms with Crippen LogP contribution in [-0.2, 0) is 11.3 Å². The van der Waals surface area contributed by atoms with Crippen LogP contribution in [0.3, 0.4) is 0 Å². The Labute approximate surface area is 139 Å². The number of ether oxygens (including phenoxy) is 1. The van der Waals surface area contributed by atoms with Gasteiger partial charge in [-0.25, -0.2) is 14.8 Å². The van der Waals surface area contributed by atoms with Crippen LogP contribution in [0.15, 0.2) is 54.9 Å². The van der Waals surface area contributed by atoms with Gasteiger partial charge in [-0.1, -0.05) is 24.3 Å². The minimum atomic E-state index is -0.290. The third-order valence-electron chi connectivity index (χ3n) is 3.99. The van der Waals surface area contributed by atoms with E-state index in [0.717, 1.165) is 28.0 Å². The number of aromatic nitrogens is 2. The van der Waals surface area contributed by atoms with Crippen molar-refractivity contribution in [1.82, 2.24) is 9.97 Å². The second-order valence-corrected chi connectivity index (χ2v) is 5.53. The van der Waals surface area contributed by atoms with E-state index in [9.17, 15) is 4.79 Å². The highest BCUT2D eigenvalue weighted by atomic mass is 16.6. The fourth-order valence-corrected chi connectivity index (χ4v) is 2.79. The summed E-state index contributed by atoms with van der Waals surface area (Å²) in [5.41, 5.74) is 2.82. The zero-order chi connectivity index (χ0) is 16.4. The van der Waals surface area contributed by atoms with Gasteiger partial charge in [0.15, 0.2) is 0 Å². The minimum absolute atomic E-state index is 0.290. The van der Waals surface area contributed by atoms with Gasteiger partial charge in [-0.05, 0) is 29.8 Å². The summed E-state index contributed by atoms with van der Waals surface area (Å²) < 4.78 is 4.99. The molecular formula is C18H16N4O2. The van der Waals surface area contributed by atoms with Crippen LogP contribution in [0, 0.1) is 0 Å². The minimum Gasteiger partial charge on any atom is -0.447 e. The molecule has 120 valence electrons. The van der Waals surface area contributed by atoms with Crippen molar-refractivity contribution < 1.29 is 9.53 Å².